The van der Waals surface area contributed by atoms with Crippen LogP contribution in [0.25, 0.3) is 0 Å². The molecule has 0 N–H and O–H groups in total. The minimum absolute atomic E-state index is 0.0649. The van der Waals surface area contributed by atoms with Crippen LogP contribution in [0.2, 0.25) is 0 Å². The lowest BCUT2D eigenvalue weighted by atomic mass is 10.0. The van der Waals surface area contributed by atoms with Gasteiger partial charge in [0.15, 0.2) is 11.6 Å². The first kappa shape index (κ1) is 18.4. The van der Waals surface area contributed by atoms with Crippen LogP contribution in [-0.4, -0.2) is 49.5 Å². The third-order valence-corrected chi connectivity index (χ3v) is 4.93. The van der Waals surface area contributed by atoms with Crippen molar-refractivity contribution in [2.75, 3.05) is 33.8 Å². The van der Waals surface area contributed by atoms with Gasteiger partial charge in [0.2, 0.25) is 5.91 Å². The van der Waals surface area contributed by atoms with Gasteiger partial charge < -0.3 is 14.5 Å². The monoisotopic (exact) mass is 356 g/mol. The number of benzene rings is 2. The Hall–Kier alpha value is -2.40. The van der Waals surface area contributed by atoms with Crippen molar-refractivity contribution in [1.82, 2.24) is 9.80 Å². The number of likely N-dealkylation sites (N-methyl/N-ethyl adjacent to an activating group) is 1. The lowest BCUT2D eigenvalue weighted by molar-refractivity contribution is -0.136. The molecule has 3 rings (SSSR count). The molecule has 4 nitrogen and oxygen atoms in total. The Morgan fingerprint density at radius 1 is 1.19 bits per heavy atom. The largest absolute Gasteiger partial charge is 0.494 e. The first-order chi connectivity index (χ1) is 12.6. The number of rotatable bonds is 5. The standard InChI is InChI=1S/C21H25FN2O2/c1-23-12-13-24(19(15-23)17-6-4-3-5-7-17)21(25)11-9-16-8-10-20(26-2)18(22)14-16/h3-8,10,14,19H,9,11-13,15H2,1-2H3. The van der Waals surface area contributed by atoms with Crippen LogP contribution in [0.1, 0.15) is 23.6 Å². The topological polar surface area (TPSA) is 32.8 Å². The number of ether oxygens (including phenoxy) is 1. The minimum atomic E-state index is -0.390. The number of nitrogens with zero attached hydrogens (tertiary/aromatic N) is 2. The van der Waals surface area contributed by atoms with E-state index in [1.807, 2.05) is 29.2 Å². The van der Waals surface area contributed by atoms with E-state index in [0.717, 1.165) is 24.2 Å². The number of methoxy groups -OCH3 is 1. The Kier molecular flexibility index (Phi) is 5.89. The van der Waals surface area contributed by atoms with Crippen molar-refractivity contribution in [2.24, 2.45) is 0 Å². The van der Waals surface area contributed by atoms with Gasteiger partial charge in [0.25, 0.3) is 0 Å². The van der Waals surface area contributed by atoms with E-state index in [4.69, 9.17) is 4.74 Å². The molecule has 2 aromatic rings. The average molecular weight is 356 g/mol. The molecule has 0 bridgehead atoms. The fourth-order valence-electron chi connectivity index (χ4n) is 3.44. The van der Waals surface area contributed by atoms with E-state index in [9.17, 15) is 9.18 Å². The summed E-state index contributed by atoms with van der Waals surface area (Å²) in [6, 6.07) is 15.1. The molecule has 0 saturated carbocycles. The summed E-state index contributed by atoms with van der Waals surface area (Å²) >= 11 is 0. The van der Waals surface area contributed by atoms with Crippen molar-refractivity contribution in [3.63, 3.8) is 0 Å². The zero-order valence-electron chi connectivity index (χ0n) is 15.3. The Morgan fingerprint density at radius 2 is 1.96 bits per heavy atom. The SMILES string of the molecule is COc1ccc(CCC(=O)N2CCN(C)CC2c2ccccc2)cc1F. The van der Waals surface area contributed by atoms with Gasteiger partial charge in [0.05, 0.1) is 13.2 Å². The van der Waals surface area contributed by atoms with Gasteiger partial charge in [-0.05, 0) is 36.7 Å². The van der Waals surface area contributed by atoms with E-state index in [1.54, 1.807) is 6.07 Å². The van der Waals surface area contributed by atoms with Gasteiger partial charge in [0, 0.05) is 26.1 Å². The summed E-state index contributed by atoms with van der Waals surface area (Å²) in [6.45, 7) is 2.41. The van der Waals surface area contributed by atoms with E-state index < -0.39 is 0 Å². The molecule has 1 atom stereocenters. The molecule has 26 heavy (non-hydrogen) atoms. The number of carbonyl (C=O) groups is 1. The number of aryl methyl sites for hydroxylation is 1. The first-order valence-corrected chi connectivity index (χ1v) is 8.94. The van der Waals surface area contributed by atoms with Gasteiger partial charge in [-0.1, -0.05) is 36.4 Å². The molecule has 1 heterocycles. The highest BCUT2D eigenvalue weighted by atomic mass is 19.1. The van der Waals surface area contributed by atoms with Crippen molar-refractivity contribution in [1.29, 1.82) is 0 Å². The normalized spacial score (nSPS) is 18.0. The fourth-order valence-corrected chi connectivity index (χ4v) is 3.44. The summed E-state index contributed by atoms with van der Waals surface area (Å²) < 4.78 is 18.8. The number of amides is 1. The maximum absolute atomic E-state index is 13.8. The molecule has 5 heteroatoms. The maximum Gasteiger partial charge on any atom is 0.223 e. The van der Waals surface area contributed by atoms with E-state index in [1.165, 1.54) is 13.2 Å². The van der Waals surface area contributed by atoms with E-state index in [0.29, 0.717) is 19.4 Å². The van der Waals surface area contributed by atoms with E-state index in [2.05, 4.69) is 24.1 Å². The van der Waals surface area contributed by atoms with Crippen molar-refractivity contribution >= 4 is 5.91 Å². The van der Waals surface area contributed by atoms with E-state index >= 15 is 0 Å². The van der Waals surface area contributed by atoms with Crippen LogP contribution in [-0.2, 0) is 11.2 Å². The predicted octanol–water partition coefficient (Wildman–Crippen LogP) is 3.28. The number of hydrogen-bond acceptors (Lipinski definition) is 3. The minimum Gasteiger partial charge on any atom is -0.494 e. The Balaban J connectivity index is 1.68. The van der Waals surface area contributed by atoms with Crippen LogP contribution in [0.5, 0.6) is 5.75 Å². The molecule has 1 aliphatic heterocycles. The van der Waals surface area contributed by atoms with Crippen LogP contribution in [0.4, 0.5) is 4.39 Å². The Bertz CT molecular complexity index is 751. The summed E-state index contributed by atoms with van der Waals surface area (Å²) in [5.41, 5.74) is 1.96. The fraction of sp³-hybridized carbons (Fsp3) is 0.381. The van der Waals surface area contributed by atoms with Crippen LogP contribution < -0.4 is 4.74 Å². The quantitative estimate of drug-likeness (QED) is 0.824. The molecular formula is C21H25FN2O2. The van der Waals surface area contributed by atoms with Gasteiger partial charge in [-0.2, -0.15) is 0 Å². The first-order valence-electron chi connectivity index (χ1n) is 8.94. The second-order valence-corrected chi connectivity index (χ2v) is 6.74. The molecule has 1 saturated heterocycles. The molecular weight excluding hydrogens is 331 g/mol. The summed E-state index contributed by atoms with van der Waals surface area (Å²) in [6.07, 6.45) is 0.895. The highest BCUT2D eigenvalue weighted by molar-refractivity contribution is 5.77. The number of carbonyl (C=O) groups excluding carboxylic acids is 1. The summed E-state index contributed by atoms with van der Waals surface area (Å²) in [4.78, 5) is 17.1. The summed E-state index contributed by atoms with van der Waals surface area (Å²) in [5, 5.41) is 0. The summed E-state index contributed by atoms with van der Waals surface area (Å²) in [5.74, 6) is -0.0503. The second-order valence-electron chi connectivity index (χ2n) is 6.74. The molecule has 1 unspecified atom stereocenters. The molecule has 0 spiro atoms. The van der Waals surface area contributed by atoms with Gasteiger partial charge >= 0.3 is 0 Å². The predicted molar refractivity (Wildman–Crippen MR) is 99.7 cm³/mol. The lowest BCUT2D eigenvalue weighted by Gasteiger charge is -2.40. The molecule has 0 radical (unpaired) electrons. The zero-order valence-corrected chi connectivity index (χ0v) is 15.3. The molecule has 2 aromatic carbocycles. The van der Waals surface area contributed by atoms with Gasteiger partial charge in [-0.3, -0.25) is 4.79 Å². The molecule has 1 amide bonds. The summed E-state index contributed by atoms with van der Waals surface area (Å²) in [7, 11) is 3.52. The van der Waals surface area contributed by atoms with Crippen molar-refractivity contribution in [2.45, 2.75) is 18.9 Å². The number of halogens is 1. The van der Waals surface area contributed by atoms with Crippen LogP contribution in [0.3, 0.4) is 0 Å². The van der Waals surface area contributed by atoms with Crippen LogP contribution >= 0.6 is 0 Å². The van der Waals surface area contributed by atoms with Crippen molar-refractivity contribution < 1.29 is 13.9 Å². The number of hydrogen-bond donors (Lipinski definition) is 0. The van der Waals surface area contributed by atoms with Crippen molar-refractivity contribution in [3.8, 4) is 5.75 Å². The maximum atomic E-state index is 13.8. The molecule has 0 aromatic heterocycles. The highest BCUT2D eigenvalue weighted by Crippen LogP contribution is 2.26. The van der Waals surface area contributed by atoms with Crippen LogP contribution in [0.15, 0.2) is 48.5 Å². The average Bonchev–Trinajstić information content (AvgIpc) is 2.67. The van der Waals surface area contributed by atoms with Crippen molar-refractivity contribution in [3.05, 3.63) is 65.5 Å². The molecule has 1 fully saturated rings. The smallest absolute Gasteiger partial charge is 0.223 e. The van der Waals surface area contributed by atoms with Gasteiger partial charge in [-0.15, -0.1) is 0 Å². The molecule has 138 valence electrons. The Morgan fingerprint density at radius 3 is 2.65 bits per heavy atom. The zero-order chi connectivity index (χ0) is 18.5. The van der Waals surface area contributed by atoms with Gasteiger partial charge in [-0.25, -0.2) is 4.39 Å². The third-order valence-electron chi connectivity index (χ3n) is 4.93. The molecule has 1 aliphatic rings. The lowest BCUT2D eigenvalue weighted by Crippen LogP contribution is -2.49. The Labute approximate surface area is 154 Å². The second kappa shape index (κ2) is 8.32. The highest BCUT2D eigenvalue weighted by Gasteiger charge is 2.29. The third kappa shape index (κ3) is 4.22. The van der Waals surface area contributed by atoms with Gasteiger partial charge in [0.1, 0.15) is 0 Å². The van der Waals surface area contributed by atoms with Crippen LogP contribution in [0, 0.1) is 5.82 Å². The van der Waals surface area contributed by atoms with E-state index in [-0.39, 0.29) is 23.5 Å². The molecule has 0 aliphatic carbocycles. The number of piperazine rings is 1.